The van der Waals surface area contributed by atoms with Crippen molar-refractivity contribution >= 4 is 70.8 Å². The van der Waals surface area contributed by atoms with Crippen LogP contribution in [0.3, 0.4) is 0 Å². The molecule has 2 heterocycles. The van der Waals surface area contributed by atoms with Crippen LogP contribution in [0.2, 0.25) is 0 Å². The van der Waals surface area contributed by atoms with E-state index in [0.717, 1.165) is 21.8 Å². The van der Waals surface area contributed by atoms with Crippen LogP contribution in [0.15, 0.2) is 91.0 Å². The highest BCUT2D eigenvalue weighted by molar-refractivity contribution is 6.00. The van der Waals surface area contributed by atoms with Crippen LogP contribution in [0.1, 0.15) is 131 Å². The Kier molecular flexibility index (Phi) is 32.7. The number of ether oxygens (including phenoxy) is 1. The molecule has 2 aliphatic heterocycles. The second-order valence-corrected chi connectivity index (χ2v) is 30.5. The monoisotopic (exact) mass is 1450 g/mol. The van der Waals surface area contributed by atoms with Gasteiger partial charge in [-0.15, -0.1) is 0 Å². The Morgan fingerprint density at radius 3 is 1.41 bits per heavy atom. The minimum absolute atomic E-state index is 0.0674. The fourth-order valence-electron chi connectivity index (χ4n) is 13.2. The summed E-state index contributed by atoms with van der Waals surface area (Å²) >= 11 is 0. The average molecular weight is 1450 g/mol. The lowest BCUT2D eigenvalue weighted by Gasteiger charge is -2.40. The molecule has 0 saturated carbocycles. The van der Waals surface area contributed by atoms with E-state index < -0.39 is 168 Å². The SMILES string of the molecule is CC(C)C[C@@H]1NC(=O)[C@H](Cc2ccccc2)N(C)CC(=O)[C@@H](C)N(C)C(=O)C[C@@H](C(=O)N2CCCCC2)N(C)C(=O)[C@H](Cc2ccccc2)N(C)C(=O)[C@H](Cc2ccccc2)N(C)C(=O)[C@H](COC(C)(C)C)NC(=O)[C@H](C(C)C)N(C)C(=O)CN(C)C(=O)[C@H]([C@@H](C)O)NC(=O)[C@H](CC(C)C)N(C)C1=O. The number of carbonyl (C=O) groups is 12. The van der Waals surface area contributed by atoms with Gasteiger partial charge in [-0.1, -0.05) is 133 Å². The van der Waals surface area contributed by atoms with E-state index in [0.29, 0.717) is 37.1 Å². The van der Waals surface area contributed by atoms with Gasteiger partial charge >= 0.3 is 0 Å². The summed E-state index contributed by atoms with van der Waals surface area (Å²) in [4.78, 5) is 192. The van der Waals surface area contributed by atoms with Gasteiger partial charge in [0.15, 0.2) is 5.78 Å². The summed E-state index contributed by atoms with van der Waals surface area (Å²) in [6.07, 6.45) is 0.149. The number of piperidine rings is 1. The molecule has 0 radical (unpaired) electrons. The van der Waals surface area contributed by atoms with Crippen molar-refractivity contribution in [1.29, 1.82) is 0 Å². The Balaban J connectivity index is 1.71. The smallest absolute Gasteiger partial charge is 0.248 e. The summed E-state index contributed by atoms with van der Waals surface area (Å²) in [5.74, 6) is -9.40. The molecule has 11 amide bonds. The molecule has 0 unspecified atom stereocenters. The van der Waals surface area contributed by atoms with Crippen molar-refractivity contribution in [2.75, 3.05) is 89.2 Å². The molecule has 574 valence electrons. The predicted molar refractivity (Wildman–Crippen MR) is 396 cm³/mol. The Labute approximate surface area is 616 Å². The van der Waals surface area contributed by atoms with Crippen molar-refractivity contribution in [2.45, 2.75) is 206 Å². The molecule has 3 aromatic rings. The maximum Gasteiger partial charge on any atom is 0.248 e. The molecule has 11 atom stereocenters. The summed E-state index contributed by atoms with van der Waals surface area (Å²) in [6.45, 7) is 18.1. The molecule has 2 fully saturated rings. The van der Waals surface area contributed by atoms with Crippen molar-refractivity contribution in [3.05, 3.63) is 108 Å². The third-order valence-corrected chi connectivity index (χ3v) is 19.8. The van der Waals surface area contributed by atoms with Crippen LogP contribution in [0.5, 0.6) is 0 Å². The van der Waals surface area contributed by atoms with Crippen LogP contribution in [0.25, 0.3) is 0 Å². The number of aliphatic hydroxyl groups is 1. The van der Waals surface area contributed by atoms with Crippen LogP contribution < -0.4 is 16.0 Å². The average Bonchev–Trinajstić information content (AvgIpc) is 0.806. The van der Waals surface area contributed by atoms with Gasteiger partial charge in [0.25, 0.3) is 0 Å². The first-order valence-electron chi connectivity index (χ1n) is 36.5. The molecule has 5 rings (SSSR count). The number of hydrogen-bond acceptors (Lipinski definition) is 15. The molecule has 0 aromatic heterocycles. The van der Waals surface area contributed by atoms with Gasteiger partial charge in [0.2, 0.25) is 65.0 Å². The minimum Gasteiger partial charge on any atom is -0.391 e. The zero-order valence-electron chi connectivity index (χ0n) is 64.9. The first kappa shape index (κ1) is 86.0. The Morgan fingerprint density at radius 1 is 0.500 bits per heavy atom. The van der Waals surface area contributed by atoms with Crippen LogP contribution >= 0.6 is 0 Å². The third-order valence-electron chi connectivity index (χ3n) is 19.8. The fraction of sp³-hybridized carbons (Fsp3) is 0.615. The molecule has 26 heteroatoms. The van der Waals surface area contributed by atoms with Gasteiger partial charge in [0, 0.05) is 75.3 Å². The molecule has 104 heavy (non-hydrogen) atoms. The molecule has 0 aliphatic carbocycles. The summed E-state index contributed by atoms with van der Waals surface area (Å²) in [6, 6.07) is 13.4. The van der Waals surface area contributed by atoms with E-state index in [2.05, 4.69) is 16.0 Å². The maximum absolute atomic E-state index is 15.9. The predicted octanol–water partition coefficient (Wildman–Crippen LogP) is 3.84. The summed E-state index contributed by atoms with van der Waals surface area (Å²) in [5, 5.41) is 19.7. The standard InChI is InChI=1S/C78H118N12O14/c1-49(2)40-57-72(98)85(15)60(41-50(3)4)70(96)81-67(53(8)91)77(103)83(13)47-66(94)89(19)68(51(5)6)71(97)80-58(48-104-78(9,10)11)73(99)86(16)61(43-55-34-26-21-27-35-55)74(100)87(17)62(44-56-36-28-22-29-37-56)75(101)88(18)63(76(102)90-38-30-23-31-39-90)45-65(93)84(14)52(7)64(92)46-82(12)59(69(95)79-57)42-54-32-24-20-25-33-54/h20-22,24-29,32-37,49-53,57-63,67-68,91H,23,30-31,38-48H2,1-19H3,(H,79,95)(H,80,97)(H,81,96)/t52-,53-,57+,58+,59+,60+,61+,62+,63+,67+,68+/m1/s1. The van der Waals surface area contributed by atoms with E-state index in [-0.39, 0.29) is 50.5 Å². The van der Waals surface area contributed by atoms with Crippen molar-refractivity contribution in [3.8, 4) is 0 Å². The quantitative estimate of drug-likeness (QED) is 0.168. The number of nitrogens with zero attached hydrogens (tertiary/aromatic N) is 9. The van der Waals surface area contributed by atoms with Gasteiger partial charge in [-0.2, -0.15) is 0 Å². The van der Waals surface area contributed by atoms with E-state index >= 15 is 28.8 Å². The number of amides is 11. The molecular formula is C78H118N12O14. The number of hydrogen-bond donors (Lipinski definition) is 4. The molecule has 26 nitrogen and oxygen atoms in total. The second kappa shape index (κ2) is 39.5. The van der Waals surface area contributed by atoms with E-state index in [4.69, 9.17) is 4.74 Å². The zero-order valence-corrected chi connectivity index (χ0v) is 64.9. The maximum atomic E-state index is 15.9. The number of Topliss-reactive ketones (excluding diaryl/α,β-unsaturated/α-hetero) is 1. The normalized spacial score (nSPS) is 25.0. The summed E-state index contributed by atoms with van der Waals surface area (Å²) in [5.41, 5.74) is 1.11. The third kappa shape index (κ3) is 24.2. The van der Waals surface area contributed by atoms with Crippen molar-refractivity contribution in [3.63, 3.8) is 0 Å². The van der Waals surface area contributed by atoms with Crippen molar-refractivity contribution < 1.29 is 67.4 Å². The highest BCUT2D eigenvalue weighted by Crippen LogP contribution is 2.25. The first-order valence-corrected chi connectivity index (χ1v) is 36.5. The van der Waals surface area contributed by atoms with Gasteiger partial charge in [-0.25, -0.2) is 0 Å². The second-order valence-electron chi connectivity index (χ2n) is 30.5. The Bertz CT molecular complexity index is 3400. The number of likely N-dealkylation sites (tertiary alicyclic amines) is 1. The van der Waals surface area contributed by atoms with Crippen LogP contribution in [0.4, 0.5) is 0 Å². The molecule has 3 aromatic carbocycles. The fourth-order valence-corrected chi connectivity index (χ4v) is 13.2. The van der Waals surface area contributed by atoms with Crippen molar-refractivity contribution in [2.24, 2.45) is 17.8 Å². The number of rotatable bonds is 15. The summed E-state index contributed by atoms with van der Waals surface area (Å²) < 4.78 is 6.22. The van der Waals surface area contributed by atoms with Gasteiger partial charge in [-0.05, 0) is 115 Å². The lowest BCUT2D eigenvalue weighted by atomic mass is 9.97. The van der Waals surface area contributed by atoms with E-state index in [1.165, 1.54) is 92.6 Å². The van der Waals surface area contributed by atoms with Gasteiger partial charge < -0.3 is 65.0 Å². The number of nitrogens with one attached hydrogen (secondary N) is 3. The van der Waals surface area contributed by atoms with E-state index in [1.807, 2.05) is 45.9 Å². The minimum atomic E-state index is -1.66. The van der Waals surface area contributed by atoms with E-state index in [1.54, 1.807) is 119 Å². The lowest BCUT2D eigenvalue weighted by molar-refractivity contribution is -0.155. The Hall–Kier alpha value is -8.62. The number of aliphatic hydroxyl groups excluding tert-OH is 1. The zero-order chi connectivity index (χ0) is 77.8. The molecule has 0 spiro atoms. The van der Waals surface area contributed by atoms with E-state index in [9.17, 15) is 33.9 Å². The number of likely N-dealkylation sites (N-methyl/N-ethyl adjacent to an activating group) is 8. The largest absolute Gasteiger partial charge is 0.391 e. The van der Waals surface area contributed by atoms with Gasteiger partial charge in [0.1, 0.15) is 48.3 Å². The summed E-state index contributed by atoms with van der Waals surface area (Å²) in [7, 11) is 11.3. The van der Waals surface area contributed by atoms with Crippen LogP contribution in [-0.4, -0.2) is 281 Å². The van der Waals surface area contributed by atoms with Crippen LogP contribution in [0, 0.1) is 17.8 Å². The molecule has 2 saturated heterocycles. The van der Waals surface area contributed by atoms with Crippen molar-refractivity contribution in [1.82, 2.24) is 60.0 Å². The molecule has 2 aliphatic rings. The topological polar surface area (TPSA) is 300 Å². The van der Waals surface area contributed by atoms with Gasteiger partial charge in [-0.3, -0.25) is 62.4 Å². The molecular weight excluding hydrogens is 1330 g/mol. The number of carbonyl (C=O) groups excluding carboxylic acids is 12. The highest BCUT2D eigenvalue weighted by atomic mass is 16.5. The number of benzene rings is 3. The van der Waals surface area contributed by atoms with Crippen LogP contribution in [-0.2, 0) is 81.5 Å². The highest BCUT2D eigenvalue weighted by Gasteiger charge is 2.45. The molecule has 0 bridgehead atoms. The number of ketones is 1. The molecule has 4 N–H and O–H groups in total. The van der Waals surface area contributed by atoms with Gasteiger partial charge in [0.05, 0.1) is 49.9 Å². The Morgan fingerprint density at radius 2 is 0.942 bits per heavy atom. The lowest BCUT2D eigenvalue weighted by Crippen LogP contribution is -2.62. The first-order chi connectivity index (χ1) is 48.8.